The predicted molar refractivity (Wildman–Crippen MR) is 194 cm³/mol. The maximum Gasteiger partial charge on any atom is 0.293 e. The number of alkyl halides is 4. The second-order valence-corrected chi connectivity index (χ2v) is 16.2. The molecule has 3 aromatic heterocycles. The molecule has 3 atom stereocenters. The predicted octanol–water partition coefficient (Wildman–Crippen LogP) is 6.17. The topological polar surface area (TPSA) is 155 Å². The fourth-order valence-electron chi connectivity index (χ4n) is 7.75. The van der Waals surface area contributed by atoms with Gasteiger partial charge in [-0.05, 0) is 54.3 Å². The Kier molecular flexibility index (Phi) is 9.25. The SMILES string of the molecule is COc1ccc2c(=O)n(-c3ccc(Cl)c4c(NS(C)(=O)=O)nn(C)c34)c(C(Cc3cc(F)cc(F)c3)NC(=O)Cn3nc(C(F)F)c4c3C(F)(F)[C@@H]3C[C@H]43)nc2c1F. The van der Waals surface area contributed by atoms with E-state index in [9.17, 15) is 35.6 Å². The molecule has 0 spiro atoms. The number of anilines is 1. The first-order valence-electron chi connectivity index (χ1n) is 17.2. The van der Waals surface area contributed by atoms with Crippen LogP contribution < -0.4 is 20.3 Å². The highest BCUT2D eigenvalue weighted by Crippen LogP contribution is 2.68. The summed E-state index contributed by atoms with van der Waals surface area (Å²) in [5.74, 6) is -11.1. The Morgan fingerprint density at radius 1 is 1.09 bits per heavy atom. The second kappa shape index (κ2) is 13.7. The number of rotatable bonds is 11. The number of carbonyl (C=O) groups excluding carboxylic acids is 1. The molecular formula is C36H28ClF7N8O5S. The lowest BCUT2D eigenvalue weighted by Crippen LogP contribution is -2.38. The summed E-state index contributed by atoms with van der Waals surface area (Å²) in [6, 6.07) is 5.69. The number of nitrogens with zero attached hydrogens (tertiary/aromatic N) is 6. The van der Waals surface area contributed by atoms with Gasteiger partial charge in [0.15, 0.2) is 17.4 Å². The molecule has 22 heteroatoms. The molecule has 3 heterocycles. The van der Waals surface area contributed by atoms with Crippen molar-refractivity contribution in [3.05, 3.63) is 104 Å². The van der Waals surface area contributed by atoms with Crippen molar-refractivity contribution in [2.75, 3.05) is 18.1 Å². The Bertz CT molecular complexity index is 2880. The molecule has 6 aromatic rings. The van der Waals surface area contributed by atoms with E-state index < -0.39 is 105 Å². The lowest BCUT2D eigenvalue weighted by molar-refractivity contribution is -0.123. The van der Waals surface area contributed by atoms with Gasteiger partial charge in [-0.2, -0.15) is 19.0 Å². The average Bonchev–Trinajstić information content (AvgIpc) is 3.67. The minimum Gasteiger partial charge on any atom is -0.494 e. The number of hydrogen-bond donors (Lipinski definition) is 2. The highest BCUT2D eigenvalue weighted by Gasteiger charge is 2.67. The van der Waals surface area contributed by atoms with E-state index in [0.717, 1.165) is 36.1 Å². The molecular weight excluding hydrogens is 825 g/mol. The van der Waals surface area contributed by atoms with E-state index >= 15 is 13.2 Å². The zero-order chi connectivity index (χ0) is 41.7. The standard InChI is InChI=1S/C36H28ClF7N8O5S/c1-50-30-22(6-5-20(37)26(30)33(48-50)49-58(3,55)56)52-34(46-28-17(35(52)54)4-7-23(57-2)27(28)40)21(10-14-8-15(38)11-16(39)9-14)45-24(53)13-51-31-25(29(47-51)32(41)42)18-12-19(18)36(31,43)44/h4-9,11,18-19,21,32H,10,12-13H2,1-3H3,(H,45,53)(H,48,49)/t18-,19+,21?/m0/s1. The fourth-order valence-corrected chi connectivity index (χ4v) is 8.49. The molecule has 0 radical (unpaired) electrons. The van der Waals surface area contributed by atoms with Crippen LogP contribution in [0.4, 0.5) is 36.6 Å². The first-order chi connectivity index (χ1) is 27.3. The van der Waals surface area contributed by atoms with Crippen LogP contribution in [-0.4, -0.2) is 56.8 Å². The Balaban J connectivity index is 1.35. The Hall–Kier alpha value is -5.70. The lowest BCUT2D eigenvalue weighted by Gasteiger charge is -2.24. The maximum absolute atomic E-state index is 16.0. The normalized spacial score (nSPS) is 17.4. The number of aryl methyl sites for hydroxylation is 1. The van der Waals surface area contributed by atoms with Crippen molar-refractivity contribution < 1.29 is 48.7 Å². The third-order valence-corrected chi connectivity index (χ3v) is 11.0. The van der Waals surface area contributed by atoms with Crippen LogP contribution in [0.2, 0.25) is 5.02 Å². The van der Waals surface area contributed by atoms with Gasteiger partial charge in [0.25, 0.3) is 17.9 Å². The van der Waals surface area contributed by atoms with Crippen molar-refractivity contribution in [3.63, 3.8) is 0 Å². The molecule has 13 nitrogen and oxygen atoms in total. The van der Waals surface area contributed by atoms with E-state index in [1.54, 1.807) is 0 Å². The molecule has 1 amide bonds. The number of sulfonamides is 1. The van der Waals surface area contributed by atoms with Crippen LogP contribution in [-0.2, 0) is 40.8 Å². The molecule has 1 unspecified atom stereocenters. The van der Waals surface area contributed by atoms with Gasteiger partial charge in [-0.3, -0.25) is 28.2 Å². The summed E-state index contributed by atoms with van der Waals surface area (Å²) >= 11 is 6.54. The summed E-state index contributed by atoms with van der Waals surface area (Å²) in [6.45, 7) is -1.05. The largest absolute Gasteiger partial charge is 0.494 e. The molecule has 1 fully saturated rings. The quantitative estimate of drug-likeness (QED) is 0.147. The van der Waals surface area contributed by atoms with Crippen LogP contribution in [0.25, 0.3) is 27.5 Å². The minimum atomic E-state index is -3.94. The minimum absolute atomic E-state index is 0.0000794. The van der Waals surface area contributed by atoms with E-state index in [-0.39, 0.29) is 56.1 Å². The Morgan fingerprint density at radius 2 is 1.79 bits per heavy atom. The molecule has 2 aliphatic carbocycles. The molecule has 8 rings (SSSR count). The first-order valence-corrected chi connectivity index (χ1v) is 19.5. The zero-order valence-corrected chi connectivity index (χ0v) is 31.7. The number of aromatic nitrogens is 6. The molecule has 0 saturated heterocycles. The third-order valence-electron chi connectivity index (χ3n) is 10.1. The van der Waals surface area contributed by atoms with Crippen molar-refractivity contribution in [2.24, 2.45) is 13.0 Å². The number of benzene rings is 3. The number of carbonyl (C=O) groups is 1. The van der Waals surface area contributed by atoms with Crippen molar-refractivity contribution in [2.45, 2.75) is 43.7 Å². The van der Waals surface area contributed by atoms with Crippen LogP contribution in [0, 0.1) is 23.4 Å². The summed E-state index contributed by atoms with van der Waals surface area (Å²) in [5, 5.41) is 10.1. The fraction of sp³-hybridized carbons (Fsp3) is 0.306. The smallest absolute Gasteiger partial charge is 0.293 e. The number of hydrogen-bond acceptors (Lipinski definition) is 8. The van der Waals surface area contributed by atoms with E-state index in [1.165, 1.54) is 29.9 Å². The molecule has 304 valence electrons. The van der Waals surface area contributed by atoms with Gasteiger partial charge in [0.05, 0.1) is 46.4 Å². The van der Waals surface area contributed by atoms with Crippen LogP contribution >= 0.6 is 11.6 Å². The lowest BCUT2D eigenvalue weighted by atomic mass is 10.0. The van der Waals surface area contributed by atoms with Gasteiger partial charge in [0.2, 0.25) is 15.9 Å². The molecule has 2 N–H and O–H groups in total. The molecule has 3 aromatic carbocycles. The van der Waals surface area contributed by atoms with Gasteiger partial charge >= 0.3 is 0 Å². The van der Waals surface area contributed by atoms with Crippen molar-refractivity contribution >= 4 is 55.2 Å². The third kappa shape index (κ3) is 6.49. The Morgan fingerprint density at radius 3 is 2.45 bits per heavy atom. The first kappa shape index (κ1) is 39.1. The maximum atomic E-state index is 16.0. The summed E-state index contributed by atoms with van der Waals surface area (Å²) in [6.07, 6.45) is -2.98. The second-order valence-electron chi connectivity index (χ2n) is 14.0. The van der Waals surface area contributed by atoms with Crippen molar-refractivity contribution in [1.82, 2.24) is 34.4 Å². The molecule has 2 aliphatic rings. The highest BCUT2D eigenvalue weighted by molar-refractivity contribution is 7.92. The molecule has 1 saturated carbocycles. The summed E-state index contributed by atoms with van der Waals surface area (Å²) in [7, 11) is -1.39. The molecule has 0 bridgehead atoms. The molecule has 0 aliphatic heterocycles. The van der Waals surface area contributed by atoms with Gasteiger partial charge in [-0.1, -0.05) is 11.6 Å². The number of methoxy groups -OCH3 is 1. The number of nitrogens with one attached hydrogen (secondary N) is 2. The van der Waals surface area contributed by atoms with Crippen LogP contribution in [0.1, 0.15) is 53.1 Å². The molecule has 58 heavy (non-hydrogen) atoms. The average molecular weight is 853 g/mol. The van der Waals surface area contributed by atoms with Crippen molar-refractivity contribution in [1.29, 1.82) is 0 Å². The van der Waals surface area contributed by atoms with E-state index in [1.807, 2.05) is 0 Å². The monoisotopic (exact) mass is 852 g/mol. The number of fused-ring (bicyclic) bond motifs is 5. The van der Waals surface area contributed by atoms with Gasteiger partial charge < -0.3 is 10.1 Å². The Labute approximate surface area is 327 Å². The van der Waals surface area contributed by atoms with Crippen LogP contribution in [0.5, 0.6) is 5.75 Å². The van der Waals surface area contributed by atoms with Gasteiger partial charge in [0.1, 0.15) is 40.9 Å². The van der Waals surface area contributed by atoms with Crippen LogP contribution in [0.3, 0.4) is 0 Å². The van der Waals surface area contributed by atoms with E-state index in [4.69, 9.17) is 16.3 Å². The van der Waals surface area contributed by atoms with Gasteiger partial charge in [0, 0.05) is 31.0 Å². The van der Waals surface area contributed by atoms with E-state index in [0.29, 0.717) is 10.7 Å². The van der Waals surface area contributed by atoms with Crippen molar-refractivity contribution in [3.8, 4) is 11.4 Å². The number of amides is 1. The summed E-state index contributed by atoms with van der Waals surface area (Å²) in [4.78, 5) is 33.1. The van der Waals surface area contributed by atoms with E-state index in [2.05, 4.69) is 25.2 Å². The van der Waals surface area contributed by atoms with Gasteiger partial charge in [-0.25, -0.2) is 35.4 Å². The summed E-state index contributed by atoms with van der Waals surface area (Å²) < 4.78 is 139. The number of ether oxygens (including phenoxy) is 1. The summed E-state index contributed by atoms with van der Waals surface area (Å²) in [5.41, 5.74) is -3.80. The zero-order valence-electron chi connectivity index (χ0n) is 30.1. The number of halogens is 8. The van der Waals surface area contributed by atoms with Gasteiger partial charge in [-0.15, -0.1) is 0 Å². The van der Waals surface area contributed by atoms with Crippen LogP contribution in [0.15, 0.2) is 47.3 Å². The highest BCUT2D eigenvalue weighted by atomic mass is 35.5.